The molecule has 0 aromatic carbocycles. The highest BCUT2D eigenvalue weighted by molar-refractivity contribution is 9.10. The van der Waals surface area contributed by atoms with Crippen LogP contribution in [0.25, 0.3) is 11.6 Å². The van der Waals surface area contributed by atoms with Crippen molar-refractivity contribution < 1.29 is 8.81 Å². The van der Waals surface area contributed by atoms with Gasteiger partial charge in [-0.05, 0) is 35.0 Å². The van der Waals surface area contributed by atoms with Gasteiger partial charge in [0.2, 0.25) is 0 Å². The lowest BCUT2D eigenvalue weighted by molar-refractivity contribution is 0.548. The molecule has 0 fully saturated rings. The molecular formula is C9H8BrFN4O. The molecule has 0 aliphatic carbocycles. The first-order valence-electron chi connectivity index (χ1n) is 4.38. The molecule has 0 aliphatic rings. The molecule has 2 aromatic rings. The van der Waals surface area contributed by atoms with Gasteiger partial charge in [0.25, 0.3) is 0 Å². The minimum absolute atomic E-state index is 0.0602. The van der Waals surface area contributed by atoms with Crippen LogP contribution in [-0.4, -0.2) is 9.97 Å². The minimum atomic E-state index is -0.572. The van der Waals surface area contributed by atoms with Crippen LogP contribution in [0.2, 0.25) is 0 Å². The lowest BCUT2D eigenvalue weighted by Gasteiger charge is -2.05. The van der Waals surface area contributed by atoms with E-state index in [1.54, 1.807) is 12.1 Å². The van der Waals surface area contributed by atoms with E-state index in [0.717, 1.165) is 0 Å². The first kappa shape index (κ1) is 11.0. The zero-order valence-electron chi connectivity index (χ0n) is 8.29. The van der Waals surface area contributed by atoms with Gasteiger partial charge in [-0.25, -0.2) is 20.2 Å². The Bertz CT molecular complexity index is 528. The smallest absolute Gasteiger partial charge is 0.198 e. The Labute approximate surface area is 99.0 Å². The molecule has 0 saturated heterocycles. The highest BCUT2D eigenvalue weighted by atomic mass is 79.9. The Balaban J connectivity index is 2.54. The number of nitrogens with zero attached hydrogens (tertiary/aromatic N) is 2. The van der Waals surface area contributed by atoms with E-state index in [-0.39, 0.29) is 17.3 Å². The second-order valence-corrected chi connectivity index (χ2v) is 3.82. The van der Waals surface area contributed by atoms with Gasteiger partial charge in [0, 0.05) is 0 Å². The number of aromatic nitrogens is 2. The van der Waals surface area contributed by atoms with Gasteiger partial charge < -0.3 is 9.84 Å². The van der Waals surface area contributed by atoms with E-state index in [0.29, 0.717) is 10.4 Å². The molecule has 0 bridgehead atoms. The number of furan rings is 1. The van der Waals surface area contributed by atoms with Crippen LogP contribution in [0.5, 0.6) is 0 Å². The molecule has 0 atom stereocenters. The summed E-state index contributed by atoms with van der Waals surface area (Å²) in [5.41, 5.74) is 2.37. The molecule has 7 heteroatoms. The number of anilines is 1. The average molecular weight is 287 g/mol. The van der Waals surface area contributed by atoms with Crippen LogP contribution in [0.15, 0.2) is 21.2 Å². The SMILES string of the molecule is Cc1nc(-c2ccc(Br)o2)nc(NN)c1F. The van der Waals surface area contributed by atoms with Gasteiger partial charge in [0.05, 0.1) is 5.69 Å². The molecule has 0 unspecified atom stereocenters. The predicted molar refractivity (Wildman–Crippen MR) is 59.9 cm³/mol. The summed E-state index contributed by atoms with van der Waals surface area (Å²) in [4.78, 5) is 7.87. The summed E-state index contributed by atoms with van der Waals surface area (Å²) >= 11 is 3.16. The Hall–Kier alpha value is -1.47. The quantitative estimate of drug-likeness (QED) is 0.654. The number of nitrogens with two attached hydrogens (primary N) is 1. The van der Waals surface area contributed by atoms with Crippen LogP contribution in [0.4, 0.5) is 10.2 Å². The minimum Gasteiger partial charge on any atom is -0.446 e. The maximum atomic E-state index is 13.4. The summed E-state index contributed by atoms with van der Waals surface area (Å²) in [7, 11) is 0. The molecule has 0 aliphatic heterocycles. The zero-order chi connectivity index (χ0) is 11.7. The van der Waals surface area contributed by atoms with E-state index in [4.69, 9.17) is 10.3 Å². The predicted octanol–water partition coefficient (Wildman–Crippen LogP) is 2.23. The Kier molecular flexibility index (Phi) is 2.88. The summed E-state index contributed by atoms with van der Waals surface area (Å²) in [5.74, 6) is 5.23. The number of nitrogens with one attached hydrogen (secondary N) is 1. The molecule has 5 nitrogen and oxygen atoms in total. The molecule has 0 radical (unpaired) electrons. The summed E-state index contributed by atoms with van der Waals surface area (Å²) in [6.07, 6.45) is 0. The highest BCUT2D eigenvalue weighted by Gasteiger charge is 2.13. The fraction of sp³-hybridized carbons (Fsp3) is 0.111. The van der Waals surface area contributed by atoms with E-state index in [1.165, 1.54) is 6.92 Å². The van der Waals surface area contributed by atoms with Gasteiger partial charge in [-0.3, -0.25) is 0 Å². The fourth-order valence-electron chi connectivity index (χ4n) is 1.20. The molecule has 3 N–H and O–H groups in total. The number of hydrogen-bond donors (Lipinski definition) is 2. The Morgan fingerprint density at radius 1 is 1.44 bits per heavy atom. The Morgan fingerprint density at radius 3 is 2.75 bits per heavy atom. The number of hydrazine groups is 1. The number of hydrogen-bond acceptors (Lipinski definition) is 5. The van der Waals surface area contributed by atoms with Crippen molar-refractivity contribution in [2.75, 3.05) is 5.43 Å². The second-order valence-electron chi connectivity index (χ2n) is 3.04. The van der Waals surface area contributed by atoms with Crippen molar-refractivity contribution in [3.8, 4) is 11.6 Å². The van der Waals surface area contributed by atoms with Gasteiger partial charge in [0.15, 0.2) is 27.9 Å². The maximum Gasteiger partial charge on any atom is 0.198 e. The number of nitrogen functional groups attached to an aromatic ring is 1. The topological polar surface area (TPSA) is 77.0 Å². The fourth-order valence-corrected chi connectivity index (χ4v) is 1.51. The van der Waals surface area contributed by atoms with Gasteiger partial charge in [-0.2, -0.15) is 0 Å². The van der Waals surface area contributed by atoms with Crippen LogP contribution in [0.3, 0.4) is 0 Å². The van der Waals surface area contributed by atoms with Crippen LogP contribution in [0.1, 0.15) is 5.69 Å². The molecule has 0 saturated carbocycles. The number of rotatable bonds is 2. The molecule has 0 amide bonds. The largest absolute Gasteiger partial charge is 0.446 e. The maximum absolute atomic E-state index is 13.4. The van der Waals surface area contributed by atoms with Crippen LogP contribution >= 0.6 is 15.9 Å². The summed E-state index contributed by atoms with van der Waals surface area (Å²) in [5, 5.41) is 0. The van der Waals surface area contributed by atoms with E-state index in [2.05, 4.69) is 31.3 Å². The van der Waals surface area contributed by atoms with Crippen molar-refractivity contribution in [1.82, 2.24) is 9.97 Å². The summed E-state index contributed by atoms with van der Waals surface area (Å²) in [6.45, 7) is 1.53. The molecule has 2 rings (SSSR count). The van der Waals surface area contributed by atoms with Gasteiger partial charge in [-0.15, -0.1) is 0 Å². The lowest BCUT2D eigenvalue weighted by Crippen LogP contribution is -2.12. The van der Waals surface area contributed by atoms with Crippen molar-refractivity contribution in [3.05, 3.63) is 28.3 Å². The second kappa shape index (κ2) is 4.18. The van der Waals surface area contributed by atoms with Crippen molar-refractivity contribution in [1.29, 1.82) is 0 Å². The van der Waals surface area contributed by atoms with Crippen molar-refractivity contribution in [2.24, 2.45) is 5.84 Å². The molecule has 0 spiro atoms. The first-order valence-corrected chi connectivity index (χ1v) is 5.17. The molecule has 2 aromatic heterocycles. The third-order valence-electron chi connectivity index (χ3n) is 1.95. The van der Waals surface area contributed by atoms with Crippen molar-refractivity contribution in [2.45, 2.75) is 6.92 Å². The normalized spacial score (nSPS) is 10.5. The standard InChI is InChI=1S/C9H8BrFN4O/c1-4-7(11)9(15-12)14-8(13-4)5-2-3-6(10)16-5/h2-3H,12H2,1H3,(H,13,14,15). The average Bonchev–Trinajstić information content (AvgIpc) is 2.69. The van der Waals surface area contributed by atoms with E-state index in [1.807, 2.05) is 0 Å². The first-order chi connectivity index (χ1) is 7.61. The van der Waals surface area contributed by atoms with Gasteiger partial charge in [0.1, 0.15) is 0 Å². The van der Waals surface area contributed by atoms with E-state index < -0.39 is 5.82 Å². The monoisotopic (exact) mass is 286 g/mol. The third-order valence-corrected chi connectivity index (χ3v) is 2.37. The third kappa shape index (κ3) is 1.91. The van der Waals surface area contributed by atoms with E-state index >= 15 is 0 Å². The lowest BCUT2D eigenvalue weighted by atomic mass is 10.3. The van der Waals surface area contributed by atoms with Crippen LogP contribution in [-0.2, 0) is 0 Å². The Morgan fingerprint density at radius 2 is 2.19 bits per heavy atom. The van der Waals surface area contributed by atoms with Crippen LogP contribution in [0, 0.1) is 12.7 Å². The zero-order valence-corrected chi connectivity index (χ0v) is 9.88. The number of halogens is 2. The van der Waals surface area contributed by atoms with Gasteiger partial charge in [-0.1, -0.05) is 0 Å². The van der Waals surface area contributed by atoms with Crippen LogP contribution < -0.4 is 11.3 Å². The summed E-state index contributed by atoms with van der Waals surface area (Å²) < 4.78 is 19.2. The van der Waals surface area contributed by atoms with E-state index in [9.17, 15) is 4.39 Å². The van der Waals surface area contributed by atoms with Gasteiger partial charge >= 0.3 is 0 Å². The molecule has 2 heterocycles. The number of aryl methyl sites for hydroxylation is 1. The molecule has 84 valence electrons. The summed E-state index contributed by atoms with van der Waals surface area (Å²) in [6, 6.07) is 3.38. The molecule has 16 heavy (non-hydrogen) atoms. The van der Waals surface area contributed by atoms with Crippen molar-refractivity contribution >= 4 is 21.7 Å². The molecular weight excluding hydrogens is 279 g/mol. The highest BCUT2D eigenvalue weighted by Crippen LogP contribution is 2.24. The van der Waals surface area contributed by atoms with Crippen molar-refractivity contribution in [3.63, 3.8) is 0 Å².